The third kappa shape index (κ3) is 8.16. The first kappa shape index (κ1) is 21.7. The summed E-state index contributed by atoms with van der Waals surface area (Å²) in [6.07, 6.45) is 8.05. The standard InChI is InChI=1S/C18H32N4S.HI/c1-16-9-14-23-17(16)15-21-18(19-2)20-10-5-3-6-11-22-12-7-4-8-13-22;/h9,14H,3-8,10-13,15H2,1-2H3,(H2,19,20,21);1H. The van der Waals surface area contributed by atoms with Crippen molar-refractivity contribution in [2.24, 2.45) is 4.99 Å². The summed E-state index contributed by atoms with van der Waals surface area (Å²) < 4.78 is 0. The normalized spacial score (nSPS) is 15.8. The Kier molecular flexibility index (Phi) is 11.7. The maximum atomic E-state index is 4.30. The van der Waals surface area contributed by atoms with Crippen LogP contribution in [0.25, 0.3) is 0 Å². The zero-order valence-electron chi connectivity index (χ0n) is 15.1. The van der Waals surface area contributed by atoms with Crippen molar-refractivity contribution in [1.29, 1.82) is 0 Å². The molecule has 0 aliphatic carbocycles. The molecule has 0 spiro atoms. The topological polar surface area (TPSA) is 39.7 Å². The van der Waals surface area contributed by atoms with E-state index in [9.17, 15) is 0 Å². The second-order valence-corrected chi connectivity index (χ2v) is 7.34. The van der Waals surface area contributed by atoms with Crippen LogP contribution in [0, 0.1) is 6.92 Å². The fourth-order valence-corrected chi connectivity index (χ4v) is 3.84. The van der Waals surface area contributed by atoms with Crippen molar-refractivity contribution in [2.45, 2.75) is 52.0 Å². The number of rotatable bonds is 8. The number of nitrogens with one attached hydrogen (secondary N) is 2. The molecule has 1 aromatic rings. The minimum atomic E-state index is 0. The lowest BCUT2D eigenvalue weighted by Gasteiger charge is -2.26. The third-order valence-electron chi connectivity index (χ3n) is 4.50. The molecule has 0 saturated carbocycles. The van der Waals surface area contributed by atoms with E-state index in [1.165, 1.54) is 68.6 Å². The van der Waals surface area contributed by atoms with E-state index in [1.807, 2.05) is 7.05 Å². The molecule has 1 fully saturated rings. The minimum absolute atomic E-state index is 0. The van der Waals surface area contributed by atoms with Crippen molar-refractivity contribution < 1.29 is 0 Å². The summed E-state index contributed by atoms with van der Waals surface area (Å²) in [6.45, 7) is 7.94. The van der Waals surface area contributed by atoms with Crippen LogP contribution < -0.4 is 10.6 Å². The number of aryl methyl sites for hydroxylation is 1. The summed E-state index contributed by atoms with van der Waals surface area (Å²) in [6, 6.07) is 2.17. The molecule has 4 nitrogen and oxygen atoms in total. The predicted octanol–water partition coefficient (Wildman–Crippen LogP) is 4.00. The first-order valence-corrected chi connectivity index (χ1v) is 9.87. The van der Waals surface area contributed by atoms with Gasteiger partial charge in [-0.25, -0.2) is 0 Å². The number of likely N-dealkylation sites (tertiary alicyclic amines) is 1. The molecule has 2 heterocycles. The van der Waals surface area contributed by atoms with E-state index in [0.29, 0.717) is 0 Å². The lowest BCUT2D eigenvalue weighted by atomic mass is 10.1. The van der Waals surface area contributed by atoms with Gasteiger partial charge in [0.05, 0.1) is 6.54 Å². The Morgan fingerprint density at radius 3 is 2.62 bits per heavy atom. The molecule has 0 radical (unpaired) electrons. The highest BCUT2D eigenvalue weighted by Crippen LogP contribution is 2.14. The molecule has 138 valence electrons. The summed E-state index contributed by atoms with van der Waals surface area (Å²) in [5.41, 5.74) is 1.36. The van der Waals surface area contributed by atoms with E-state index in [1.54, 1.807) is 11.3 Å². The second kappa shape index (κ2) is 12.9. The van der Waals surface area contributed by atoms with Gasteiger partial charge in [-0.15, -0.1) is 35.3 Å². The predicted molar refractivity (Wildman–Crippen MR) is 117 cm³/mol. The Hall–Kier alpha value is -0.340. The Bertz CT molecular complexity index is 469. The van der Waals surface area contributed by atoms with Crippen molar-refractivity contribution in [1.82, 2.24) is 15.5 Å². The zero-order valence-corrected chi connectivity index (χ0v) is 18.3. The van der Waals surface area contributed by atoms with Crippen LogP contribution in [0.1, 0.15) is 49.0 Å². The lowest BCUT2D eigenvalue weighted by molar-refractivity contribution is 0.224. The highest BCUT2D eigenvalue weighted by atomic mass is 127. The number of halogens is 1. The molecule has 1 aliphatic rings. The average molecular weight is 464 g/mol. The van der Waals surface area contributed by atoms with E-state index < -0.39 is 0 Å². The second-order valence-electron chi connectivity index (χ2n) is 6.34. The van der Waals surface area contributed by atoms with Crippen molar-refractivity contribution in [3.05, 3.63) is 21.9 Å². The van der Waals surface area contributed by atoms with Crippen LogP contribution in [0.4, 0.5) is 0 Å². The van der Waals surface area contributed by atoms with E-state index in [0.717, 1.165) is 19.0 Å². The number of aliphatic imine (C=N–C) groups is 1. The van der Waals surface area contributed by atoms with Crippen LogP contribution in [-0.4, -0.2) is 44.1 Å². The Balaban J connectivity index is 0.00000288. The van der Waals surface area contributed by atoms with Gasteiger partial charge in [-0.3, -0.25) is 4.99 Å². The lowest BCUT2D eigenvalue weighted by Crippen LogP contribution is -2.37. The Morgan fingerprint density at radius 1 is 1.17 bits per heavy atom. The van der Waals surface area contributed by atoms with Crippen LogP contribution in [0.2, 0.25) is 0 Å². The monoisotopic (exact) mass is 464 g/mol. The fraction of sp³-hybridized carbons (Fsp3) is 0.722. The van der Waals surface area contributed by atoms with Gasteiger partial charge < -0.3 is 15.5 Å². The molecule has 0 amide bonds. The largest absolute Gasteiger partial charge is 0.356 e. The molecule has 1 aliphatic heterocycles. The van der Waals surface area contributed by atoms with Gasteiger partial charge in [0.1, 0.15) is 0 Å². The first-order valence-electron chi connectivity index (χ1n) is 8.99. The number of unbranched alkanes of at least 4 members (excludes halogenated alkanes) is 2. The van der Waals surface area contributed by atoms with Gasteiger partial charge in [-0.2, -0.15) is 0 Å². The molecule has 2 N–H and O–H groups in total. The number of guanidine groups is 1. The van der Waals surface area contributed by atoms with Crippen LogP contribution in [0.3, 0.4) is 0 Å². The first-order chi connectivity index (χ1) is 11.3. The SMILES string of the molecule is CN=C(NCCCCCN1CCCCC1)NCc1sccc1C.I. The third-order valence-corrected chi connectivity index (χ3v) is 5.52. The number of nitrogens with zero attached hydrogens (tertiary/aromatic N) is 2. The van der Waals surface area contributed by atoms with Gasteiger partial charge >= 0.3 is 0 Å². The maximum Gasteiger partial charge on any atom is 0.191 e. The minimum Gasteiger partial charge on any atom is -0.356 e. The molecule has 6 heteroatoms. The number of hydrogen-bond acceptors (Lipinski definition) is 3. The van der Waals surface area contributed by atoms with Gasteiger partial charge in [-0.05, 0) is 69.3 Å². The molecule has 2 rings (SSSR count). The average Bonchev–Trinajstić information content (AvgIpc) is 2.99. The molecule has 0 unspecified atom stereocenters. The summed E-state index contributed by atoms with van der Waals surface area (Å²) >= 11 is 1.80. The van der Waals surface area contributed by atoms with Crippen LogP contribution >= 0.6 is 35.3 Å². The molecule has 1 aromatic heterocycles. The number of piperidine rings is 1. The Morgan fingerprint density at radius 2 is 1.96 bits per heavy atom. The fourth-order valence-electron chi connectivity index (χ4n) is 3.00. The van der Waals surface area contributed by atoms with Crippen LogP contribution in [0.5, 0.6) is 0 Å². The zero-order chi connectivity index (χ0) is 16.3. The van der Waals surface area contributed by atoms with E-state index in [4.69, 9.17) is 0 Å². The Labute approximate surface area is 168 Å². The molecule has 0 atom stereocenters. The summed E-state index contributed by atoms with van der Waals surface area (Å²) in [4.78, 5) is 8.31. The van der Waals surface area contributed by atoms with Crippen molar-refractivity contribution >= 4 is 41.3 Å². The van der Waals surface area contributed by atoms with Gasteiger partial charge in [0.15, 0.2) is 5.96 Å². The van der Waals surface area contributed by atoms with Crippen LogP contribution in [-0.2, 0) is 6.54 Å². The van der Waals surface area contributed by atoms with E-state index in [2.05, 4.69) is 38.9 Å². The highest BCUT2D eigenvalue weighted by Gasteiger charge is 2.08. The summed E-state index contributed by atoms with van der Waals surface area (Å²) in [5.74, 6) is 0.911. The maximum absolute atomic E-state index is 4.30. The van der Waals surface area contributed by atoms with Gasteiger partial charge in [0, 0.05) is 18.5 Å². The summed E-state index contributed by atoms with van der Waals surface area (Å²) in [5, 5.41) is 8.96. The highest BCUT2D eigenvalue weighted by molar-refractivity contribution is 14.0. The molecule has 0 aromatic carbocycles. The van der Waals surface area contributed by atoms with Crippen LogP contribution in [0.15, 0.2) is 16.4 Å². The number of hydrogen-bond donors (Lipinski definition) is 2. The smallest absolute Gasteiger partial charge is 0.191 e. The van der Waals surface area contributed by atoms with Gasteiger partial charge in [0.2, 0.25) is 0 Å². The molecule has 24 heavy (non-hydrogen) atoms. The molecule has 1 saturated heterocycles. The van der Waals surface area contributed by atoms with E-state index in [-0.39, 0.29) is 24.0 Å². The van der Waals surface area contributed by atoms with E-state index >= 15 is 0 Å². The van der Waals surface area contributed by atoms with Crippen molar-refractivity contribution in [2.75, 3.05) is 33.2 Å². The number of thiophene rings is 1. The quantitative estimate of drug-likeness (QED) is 0.265. The molecule has 0 bridgehead atoms. The summed E-state index contributed by atoms with van der Waals surface area (Å²) in [7, 11) is 1.84. The van der Waals surface area contributed by atoms with Gasteiger partial charge in [0.25, 0.3) is 0 Å². The van der Waals surface area contributed by atoms with Crippen molar-refractivity contribution in [3.63, 3.8) is 0 Å². The molecular weight excluding hydrogens is 431 g/mol. The van der Waals surface area contributed by atoms with Gasteiger partial charge in [-0.1, -0.05) is 12.8 Å². The van der Waals surface area contributed by atoms with Crippen molar-refractivity contribution in [3.8, 4) is 0 Å². The molecular formula is C18H33IN4S.